The fraction of sp³-hybridized carbons (Fsp3) is 0.565. The Balaban J connectivity index is 1.82. The molecule has 3 atom stereocenters. The number of hydrogen-bond donors (Lipinski definition) is 4. The van der Waals surface area contributed by atoms with E-state index in [0.717, 1.165) is 16.6 Å². The lowest BCUT2D eigenvalue weighted by Gasteiger charge is -2.35. The topological polar surface area (TPSA) is 167 Å². The molecule has 1 fully saturated rings. The van der Waals surface area contributed by atoms with E-state index < -0.39 is 22.6 Å². The number of carbonyl (C=O) groups excluding carboxylic acids is 1. The van der Waals surface area contributed by atoms with Crippen molar-refractivity contribution in [3.63, 3.8) is 0 Å². The molecule has 0 spiro atoms. The number of para-hydroxylation sites is 1. The molecule has 1 aliphatic rings. The Morgan fingerprint density at radius 3 is 1.72 bits per heavy atom. The number of nitrogens with one attached hydrogen (secondary N) is 1. The van der Waals surface area contributed by atoms with Crippen LogP contribution in [0.1, 0.15) is 5.69 Å². The fourth-order valence-electron chi connectivity index (χ4n) is 4.50. The van der Waals surface area contributed by atoms with Gasteiger partial charge >= 0.3 is 0 Å². The molecule has 0 aliphatic carbocycles. The second-order valence-electron chi connectivity index (χ2n) is 10.0. The first kappa shape index (κ1) is 32.0. The van der Waals surface area contributed by atoms with Crippen LogP contribution >= 0.6 is 22.6 Å². The molecule has 1 aromatic heterocycles. The highest BCUT2D eigenvalue weighted by atomic mass is 31.2. The predicted octanol–water partition coefficient (Wildman–Crippen LogP) is 2.15. The average Bonchev–Trinajstić information content (AvgIpc) is 2.78. The third-order valence-corrected chi connectivity index (χ3v) is 11.0. The van der Waals surface area contributed by atoms with E-state index in [1.807, 2.05) is 31.2 Å². The zero-order valence-electron chi connectivity index (χ0n) is 22.8. The highest BCUT2D eigenvalue weighted by Crippen LogP contribution is 2.45. The van der Waals surface area contributed by atoms with Crippen molar-refractivity contribution < 1.29 is 33.2 Å². The molecule has 218 valence electrons. The molecule has 2 heterocycles. The van der Waals surface area contributed by atoms with Gasteiger partial charge in [0.1, 0.15) is 0 Å². The first-order chi connectivity index (χ1) is 18.0. The Labute approximate surface area is 229 Å². The predicted molar refractivity (Wildman–Crippen MR) is 154 cm³/mol. The van der Waals surface area contributed by atoms with Crippen molar-refractivity contribution in [3.05, 3.63) is 36.0 Å². The standard InChI is InChI=1S/C23H39N6O7P3/c1-19-17-22(20-7-5-6-8-21(20)24-19)25-23(30)18-26-9-11-27(37(2,31)32)13-15-29(39(4,35)36)16-14-28(12-10-26)38(3,33)34/h5-8,17H,9-16,18H2,1-4H3,(H,31,32)(H,33,34)(H,35,36)(H,24,25,30). The van der Waals surface area contributed by atoms with E-state index in [2.05, 4.69) is 10.3 Å². The van der Waals surface area contributed by atoms with Gasteiger partial charge in [-0.1, -0.05) is 18.2 Å². The maximum absolute atomic E-state index is 13.1. The molecule has 0 radical (unpaired) electrons. The minimum Gasteiger partial charge on any atom is -0.333 e. The number of nitrogens with zero attached hydrogens (tertiary/aromatic N) is 5. The first-order valence-electron chi connectivity index (χ1n) is 12.6. The van der Waals surface area contributed by atoms with E-state index in [-0.39, 0.29) is 64.8 Å². The molecule has 0 bridgehead atoms. The van der Waals surface area contributed by atoms with E-state index in [0.29, 0.717) is 5.69 Å². The van der Waals surface area contributed by atoms with Gasteiger partial charge in [0.2, 0.25) is 5.91 Å². The SMILES string of the molecule is Cc1cc(NC(=O)CN2CCN(P(C)(=O)O)CCN(P(C)(=O)O)CCN(P(C)(=O)O)CC2)c2ccccc2n1. The highest BCUT2D eigenvalue weighted by Gasteiger charge is 2.31. The van der Waals surface area contributed by atoms with E-state index in [4.69, 9.17) is 0 Å². The smallest absolute Gasteiger partial charge is 0.266 e. The fourth-order valence-corrected chi connectivity index (χ4v) is 7.26. The number of fused-ring (bicyclic) bond motifs is 1. The van der Waals surface area contributed by atoms with Crippen molar-refractivity contribution in [2.45, 2.75) is 6.92 Å². The summed E-state index contributed by atoms with van der Waals surface area (Å²) in [4.78, 5) is 50.3. The number of anilines is 1. The zero-order chi connectivity index (χ0) is 29.0. The van der Waals surface area contributed by atoms with Crippen LogP contribution in [0.15, 0.2) is 30.3 Å². The number of amides is 1. The summed E-state index contributed by atoms with van der Waals surface area (Å²) >= 11 is 0. The number of hydrogen-bond acceptors (Lipinski definition) is 6. The Morgan fingerprint density at radius 1 is 0.821 bits per heavy atom. The molecule has 3 rings (SSSR count). The lowest BCUT2D eigenvalue weighted by molar-refractivity contribution is -0.117. The monoisotopic (exact) mass is 604 g/mol. The number of benzene rings is 1. The van der Waals surface area contributed by atoms with Crippen LogP contribution in [-0.2, 0) is 18.5 Å². The Kier molecular flexibility index (Phi) is 10.7. The van der Waals surface area contributed by atoms with Crippen LogP contribution in [0.25, 0.3) is 10.9 Å². The normalized spacial score (nSPS) is 22.6. The maximum Gasteiger partial charge on any atom is 0.266 e. The summed E-state index contributed by atoms with van der Waals surface area (Å²) in [5, 5.41) is 3.74. The number of aromatic nitrogens is 1. The van der Waals surface area contributed by atoms with Crippen LogP contribution < -0.4 is 5.32 Å². The number of carbonyl (C=O) groups is 1. The molecule has 2 aromatic rings. The molecule has 1 aromatic carbocycles. The Bertz CT molecular complexity index is 1270. The molecule has 16 heteroatoms. The van der Waals surface area contributed by atoms with Gasteiger partial charge in [0, 0.05) is 83.4 Å². The second kappa shape index (κ2) is 13.0. The molecule has 1 saturated heterocycles. The summed E-state index contributed by atoms with van der Waals surface area (Å²) in [6.45, 7) is 6.17. The minimum atomic E-state index is -3.72. The molecule has 39 heavy (non-hydrogen) atoms. The van der Waals surface area contributed by atoms with Crippen molar-refractivity contribution in [2.75, 3.05) is 84.2 Å². The summed E-state index contributed by atoms with van der Waals surface area (Å²) in [5.74, 6) is -0.304. The molecule has 13 nitrogen and oxygen atoms in total. The van der Waals surface area contributed by atoms with E-state index in [9.17, 15) is 33.2 Å². The summed E-state index contributed by atoms with van der Waals surface area (Å²) in [5.41, 5.74) is 2.12. The lowest BCUT2D eigenvalue weighted by atomic mass is 10.1. The van der Waals surface area contributed by atoms with Crippen LogP contribution in [0.4, 0.5) is 5.69 Å². The summed E-state index contributed by atoms with van der Waals surface area (Å²) in [6, 6.07) is 9.25. The second-order valence-corrected chi connectivity index (χ2v) is 16.7. The van der Waals surface area contributed by atoms with Crippen molar-refractivity contribution in [3.8, 4) is 0 Å². The van der Waals surface area contributed by atoms with Crippen molar-refractivity contribution in [1.29, 1.82) is 0 Å². The zero-order valence-corrected chi connectivity index (χ0v) is 25.5. The Hall–Kier alpha value is -1.49. The number of aryl methyl sites for hydroxylation is 1. The molecule has 1 aliphatic heterocycles. The molecule has 0 saturated carbocycles. The molecule has 3 unspecified atom stereocenters. The van der Waals surface area contributed by atoms with Crippen molar-refractivity contribution >= 4 is 45.1 Å². The van der Waals surface area contributed by atoms with Gasteiger partial charge in [-0.05, 0) is 19.1 Å². The van der Waals surface area contributed by atoms with Gasteiger partial charge in [0.25, 0.3) is 22.6 Å². The van der Waals surface area contributed by atoms with Crippen molar-refractivity contribution in [1.82, 2.24) is 23.9 Å². The van der Waals surface area contributed by atoms with Gasteiger partial charge in [-0.25, -0.2) is 14.0 Å². The lowest BCUT2D eigenvalue weighted by Crippen LogP contribution is -2.45. The number of pyridine rings is 1. The van der Waals surface area contributed by atoms with Crippen LogP contribution in [0, 0.1) is 6.92 Å². The van der Waals surface area contributed by atoms with Gasteiger partial charge in [-0.3, -0.25) is 28.4 Å². The van der Waals surface area contributed by atoms with Gasteiger partial charge in [0.15, 0.2) is 0 Å². The highest BCUT2D eigenvalue weighted by molar-refractivity contribution is 7.55. The average molecular weight is 605 g/mol. The van der Waals surface area contributed by atoms with E-state index >= 15 is 0 Å². The summed E-state index contributed by atoms with van der Waals surface area (Å²) in [7, 11) is -11.1. The largest absolute Gasteiger partial charge is 0.333 e. The van der Waals surface area contributed by atoms with E-state index in [1.165, 1.54) is 34.0 Å². The van der Waals surface area contributed by atoms with Crippen LogP contribution in [0.2, 0.25) is 0 Å². The van der Waals surface area contributed by atoms with Gasteiger partial charge in [0.05, 0.1) is 17.7 Å². The Morgan fingerprint density at radius 2 is 1.26 bits per heavy atom. The summed E-state index contributed by atoms with van der Waals surface area (Å²) < 4.78 is 41.7. The minimum absolute atomic E-state index is 0.0188. The van der Waals surface area contributed by atoms with Crippen LogP contribution in [0.3, 0.4) is 0 Å². The molecule has 4 N–H and O–H groups in total. The van der Waals surface area contributed by atoms with Gasteiger partial charge in [-0.2, -0.15) is 0 Å². The van der Waals surface area contributed by atoms with Crippen LogP contribution in [0.5, 0.6) is 0 Å². The van der Waals surface area contributed by atoms with E-state index in [1.54, 1.807) is 11.0 Å². The first-order valence-corrected chi connectivity index (χ1v) is 18.8. The quantitative estimate of drug-likeness (QED) is 0.356. The molecular formula is C23H39N6O7P3. The molecule has 1 amide bonds. The maximum atomic E-state index is 13.1. The van der Waals surface area contributed by atoms with Crippen LogP contribution in [-0.4, -0.2) is 123 Å². The third-order valence-electron chi connectivity index (χ3n) is 6.64. The summed E-state index contributed by atoms with van der Waals surface area (Å²) in [6.07, 6.45) is 0. The number of rotatable bonds is 6. The van der Waals surface area contributed by atoms with Gasteiger partial charge in [-0.15, -0.1) is 0 Å². The third kappa shape index (κ3) is 9.54. The van der Waals surface area contributed by atoms with Gasteiger partial charge < -0.3 is 20.0 Å². The van der Waals surface area contributed by atoms with Crippen molar-refractivity contribution in [2.24, 2.45) is 0 Å². The molecular weight excluding hydrogens is 565 g/mol.